The van der Waals surface area contributed by atoms with Crippen LogP contribution in [0.3, 0.4) is 0 Å². The molecule has 0 saturated carbocycles. The Kier molecular flexibility index (Phi) is 7.84. The molecule has 0 spiro atoms. The van der Waals surface area contributed by atoms with Gasteiger partial charge in [0.05, 0.1) is 13.5 Å². The minimum Gasteiger partial charge on any atom is -0.497 e. The Morgan fingerprint density at radius 3 is 2.47 bits per heavy atom. The first-order valence-electron chi connectivity index (χ1n) is 11.5. The molecule has 9 nitrogen and oxygen atoms in total. The number of ether oxygens (including phenoxy) is 1. The van der Waals surface area contributed by atoms with Crippen molar-refractivity contribution >= 4 is 23.5 Å². The zero-order valence-electron chi connectivity index (χ0n) is 19.7. The molecule has 2 N–H and O–H groups in total. The summed E-state index contributed by atoms with van der Waals surface area (Å²) >= 11 is 0. The lowest BCUT2D eigenvalue weighted by atomic mass is 10.0. The minimum atomic E-state index is -0.535. The lowest BCUT2D eigenvalue weighted by Crippen LogP contribution is -2.47. The number of likely N-dealkylation sites (tertiary alicyclic amines) is 1. The summed E-state index contributed by atoms with van der Waals surface area (Å²) in [6.07, 6.45) is 4.19. The third-order valence-corrected chi connectivity index (χ3v) is 5.92. The standard InChI is InChI=1S/C26H26FN5O4/c1-36-21-4-2-3-17(15-21)16-22(33)32-13-9-20(10-14-32)30-26(35)23-24(29-12-11-28-23)31-25(34)18-5-7-19(27)8-6-18/h2-8,11-12,15,20H,9-10,13-14,16H2,1H3,(H,30,35)(H,29,31,34). The summed E-state index contributed by atoms with van der Waals surface area (Å²) in [7, 11) is 1.59. The predicted octanol–water partition coefficient (Wildman–Crippen LogP) is 2.84. The fourth-order valence-electron chi connectivity index (χ4n) is 3.97. The Morgan fingerprint density at radius 1 is 1.03 bits per heavy atom. The quantitative estimate of drug-likeness (QED) is 0.526. The molecular weight excluding hydrogens is 465 g/mol. The molecule has 0 aliphatic carbocycles. The van der Waals surface area contributed by atoms with Gasteiger partial charge in [-0.2, -0.15) is 0 Å². The van der Waals surface area contributed by atoms with E-state index in [1.807, 2.05) is 24.3 Å². The number of aromatic nitrogens is 2. The summed E-state index contributed by atoms with van der Waals surface area (Å²) in [5, 5.41) is 5.48. The van der Waals surface area contributed by atoms with Crippen molar-refractivity contribution in [3.05, 3.63) is 83.6 Å². The second-order valence-corrected chi connectivity index (χ2v) is 8.37. The molecule has 186 valence electrons. The van der Waals surface area contributed by atoms with Gasteiger partial charge in [0.1, 0.15) is 11.6 Å². The Balaban J connectivity index is 1.32. The number of hydrogen-bond acceptors (Lipinski definition) is 6. The van der Waals surface area contributed by atoms with E-state index in [-0.39, 0.29) is 35.4 Å². The van der Waals surface area contributed by atoms with Crippen molar-refractivity contribution in [1.29, 1.82) is 0 Å². The Bertz CT molecular complexity index is 1240. The number of amides is 3. The summed E-state index contributed by atoms with van der Waals surface area (Å²) in [6.45, 7) is 1.03. The van der Waals surface area contributed by atoms with Crippen LogP contribution in [-0.2, 0) is 11.2 Å². The Hall–Kier alpha value is -4.34. The fraction of sp³-hybridized carbons (Fsp3) is 0.269. The highest BCUT2D eigenvalue weighted by Crippen LogP contribution is 2.17. The van der Waals surface area contributed by atoms with Gasteiger partial charge in [-0.05, 0) is 54.8 Å². The van der Waals surface area contributed by atoms with Crippen LogP contribution in [0.5, 0.6) is 5.75 Å². The van der Waals surface area contributed by atoms with E-state index >= 15 is 0 Å². The molecule has 3 aromatic rings. The second-order valence-electron chi connectivity index (χ2n) is 8.37. The van der Waals surface area contributed by atoms with Gasteiger partial charge in [-0.3, -0.25) is 14.4 Å². The molecule has 2 heterocycles. The highest BCUT2D eigenvalue weighted by Gasteiger charge is 2.26. The maximum atomic E-state index is 13.1. The highest BCUT2D eigenvalue weighted by molar-refractivity contribution is 6.07. The van der Waals surface area contributed by atoms with E-state index < -0.39 is 17.6 Å². The second kappa shape index (κ2) is 11.4. The summed E-state index contributed by atoms with van der Waals surface area (Å²) < 4.78 is 18.3. The summed E-state index contributed by atoms with van der Waals surface area (Å²) in [5.74, 6) is -0.729. The van der Waals surface area contributed by atoms with Gasteiger partial charge in [-0.15, -0.1) is 0 Å². The molecule has 1 fully saturated rings. The number of anilines is 1. The third kappa shape index (κ3) is 6.21. The van der Waals surface area contributed by atoms with Crippen LogP contribution in [0, 0.1) is 5.82 Å². The number of carbonyl (C=O) groups excluding carboxylic acids is 3. The Morgan fingerprint density at radius 2 is 1.75 bits per heavy atom. The van der Waals surface area contributed by atoms with Gasteiger partial charge in [-0.25, -0.2) is 14.4 Å². The predicted molar refractivity (Wildman–Crippen MR) is 130 cm³/mol. The lowest BCUT2D eigenvalue weighted by molar-refractivity contribution is -0.131. The zero-order chi connectivity index (χ0) is 25.5. The van der Waals surface area contributed by atoms with Gasteiger partial charge < -0.3 is 20.3 Å². The van der Waals surface area contributed by atoms with E-state index in [1.165, 1.54) is 36.7 Å². The van der Waals surface area contributed by atoms with Crippen molar-refractivity contribution < 1.29 is 23.5 Å². The largest absolute Gasteiger partial charge is 0.497 e. The maximum absolute atomic E-state index is 13.1. The molecule has 3 amide bonds. The van der Waals surface area contributed by atoms with Gasteiger partial charge in [0.2, 0.25) is 5.91 Å². The third-order valence-electron chi connectivity index (χ3n) is 5.92. The smallest absolute Gasteiger partial charge is 0.273 e. The van der Waals surface area contributed by atoms with Crippen LogP contribution in [-0.4, -0.2) is 58.8 Å². The van der Waals surface area contributed by atoms with Crippen molar-refractivity contribution in [3.63, 3.8) is 0 Å². The van der Waals surface area contributed by atoms with E-state index in [2.05, 4.69) is 20.6 Å². The zero-order valence-corrected chi connectivity index (χ0v) is 19.7. The van der Waals surface area contributed by atoms with Crippen LogP contribution >= 0.6 is 0 Å². The van der Waals surface area contributed by atoms with Gasteiger partial charge in [0, 0.05) is 37.1 Å². The molecule has 1 aliphatic rings. The van der Waals surface area contributed by atoms with Crippen molar-refractivity contribution in [2.45, 2.75) is 25.3 Å². The topological polar surface area (TPSA) is 114 Å². The van der Waals surface area contributed by atoms with Crippen molar-refractivity contribution in [3.8, 4) is 5.75 Å². The molecule has 1 aromatic heterocycles. The van der Waals surface area contributed by atoms with Gasteiger partial charge in [0.15, 0.2) is 11.5 Å². The molecule has 0 radical (unpaired) electrons. The maximum Gasteiger partial charge on any atom is 0.273 e. The summed E-state index contributed by atoms with van der Waals surface area (Å²) in [6, 6.07) is 12.3. The molecule has 10 heteroatoms. The van der Waals surface area contributed by atoms with Gasteiger partial charge in [0.25, 0.3) is 11.8 Å². The van der Waals surface area contributed by atoms with Gasteiger partial charge >= 0.3 is 0 Å². The van der Waals surface area contributed by atoms with E-state index in [4.69, 9.17) is 4.74 Å². The number of benzene rings is 2. The summed E-state index contributed by atoms with van der Waals surface area (Å²) in [4.78, 5) is 48.1. The number of methoxy groups -OCH3 is 1. The van der Waals surface area contributed by atoms with Crippen LogP contribution < -0.4 is 15.4 Å². The van der Waals surface area contributed by atoms with E-state index in [0.717, 1.165) is 5.56 Å². The number of halogens is 1. The van der Waals surface area contributed by atoms with Crippen LogP contribution in [0.25, 0.3) is 0 Å². The molecule has 1 saturated heterocycles. The molecule has 0 bridgehead atoms. The van der Waals surface area contributed by atoms with Crippen molar-refractivity contribution in [2.24, 2.45) is 0 Å². The first-order valence-corrected chi connectivity index (χ1v) is 11.5. The van der Waals surface area contributed by atoms with Crippen LogP contribution in [0.2, 0.25) is 0 Å². The number of nitrogens with one attached hydrogen (secondary N) is 2. The number of rotatable bonds is 7. The molecule has 2 aromatic carbocycles. The number of piperidine rings is 1. The van der Waals surface area contributed by atoms with E-state index in [1.54, 1.807) is 12.0 Å². The number of hydrogen-bond donors (Lipinski definition) is 2. The molecule has 0 atom stereocenters. The first kappa shape index (κ1) is 24.8. The first-order chi connectivity index (χ1) is 17.4. The lowest BCUT2D eigenvalue weighted by Gasteiger charge is -2.32. The van der Waals surface area contributed by atoms with Crippen LogP contribution in [0.4, 0.5) is 10.2 Å². The molecule has 4 rings (SSSR count). The van der Waals surface area contributed by atoms with Crippen molar-refractivity contribution in [1.82, 2.24) is 20.2 Å². The van der Waals surface area contributed by atoms with E-state index in [0.29, 0.717) is 31.7 Å². The van der Waals surface area contributed by atoms with Crippen LogP contribution in [0.1, 0.15) is 39.3 Å². The Labute approximate surface area is 207 Å². The average Bonchev–Trinajstić information content (AvgIpc) is 2.89. The summed E-state index contributed by atoms with van der Waals surface area (Å²) in [5.41, 5.74) is 1.08. The van der Waals surface area contributed by atoms with Gasteiger partial charge in [-0.1, -0.05) is 12.1 Å². The van der Waals surface area contributed by atoms with Crippen molar-refractivity contribution in [2.75, 3.05) is 25.5 Å². The van der Waals surface area contributed by atoms with Crippen LogP contribution in [0.15, 0.2) is 60.9 Å². The normalized spacial score (nSPS) is 13.7. The molecule has 0 unspecified atom stereocenters. The monoisotopic (exact) mass is 491 g/mol. The number of nitrogens with zero attached hydrogens (tertiary/aromatic N) is 3. The number of carbonyl (C=O) groups is 3. The minimum absolute atomic E-state index is 0.00947. The SMILES string of the molecule is COc1cccc(CC(=O)N2CCC(NC(=O)c3nccnc3NC(=O)c3ccc(F)cc3)CC2)c1. The molecular formula is C26H26FN5O4. The molecule has 36 heavy (non-hydrogen) atoms. The average molecular weight is 492 g/mol. The molecule has 1 aliphatic heterocycles. The highest BCUT2D eigenvalue weighted by atomic mass is 19.1. The fourth-order valence-corrected chi connectivity index (χ4v) is 3.97. The van der Waals surface area contributed by atoms with E-state index in [9.17, 15) is 18.8 Å².